The number of benzene rings is 1. The lowest BCUT2D eigenvalue weighted by Crippen LogP contribution is -2.32. The number of carbonyl (C=O) groups is 1. The van der Waals surface area contributed by atoms with Crippen LogP contribution in [-0.4, -0.2) is 34.9 Å². The van der Waals surface area contributed by atoms with Gasteiger partial charge in [-0.2, -0.15) is 5.10 Å². The molecule has 2 aromatic rings. The standard InChI is InChI=1S/C19H23N3O2/c1-13-5-2-3-7-17(13)22-18(14-8-9-14)16(12-21-22)19(23)20-11-15-6-4-10-24-15/h2-3,5,7,12,14-15H,4,6,8-11H2,1H3,(H,20,23)/t15-/m1/s1. The molecular weight excluding hydrogens is 302 g/mol. The van der Waals surface area contributed by atoms with Crippen LogP contribution in [0.2, 0.25) is 0 Å². The molecule has 1 aromatic heterocycles. The van der Waals surface area contributed by atoms with Crippen LogP contribution in [-0.2, 0) is 4.74 Å². The van der Waals surface area contributed by atoms with E-state index < -0.39 is 0 Å². The Morgan fingerprint density at radius 3 is 2.88 bits per heavy atom. The first-order valence-corrected chi connectivity index (χ1v) is 8.78. The monoisotopic (exact) mass is 325 g/mol. The molecule has 2 heterocycles. The van der Waals surface area contributed by atoms with Crippen molar-refractivity contribution in [3.05, 3.63) is 47.3 Å². The van der Waals surface area contributed by atoms with Crippen LogP contribution in [0.25, 0.3) is 5.69 Å². The molecule has 2 fully saturated rings. The molecule has 1 amide bonds. The van der Waals surface area contributed by atoms with Gasteiger partial charge in [0, 0.05) is 19.1 Å². The maximum absolute atomic E-state index is 12.7. The van der Waals surface area contributed by atoms with E-state index in [0.717, 1.165) is 49.2 Å². The second-order valence-electron chi connectivity index (χ2n) is 6.76. The van der Waals surface area contributed by atoms with Gasteiger partial charge >= 0.3 is 0 Å². The van der Waals surface area contributed by atoms with E-state index in [1.165, 1.54) is 0 Å². The molecule has 1 atom stereocenters. The van der Waals surface area contributed by atoms with Crippen molar-refractivity contribution in [3.63, 3.8) is 0 Å². The molecule has 0 radical (unpaired) electrons. The lowest BCUT2D eigenvalue weighted by Gasteiger charge is -2.13. The predicted molar refractivity (Wildman–Crippen MR) is 91.6 cm³/mol. The summed E-state index contributed by atoms with van der Waals surface area (Å²) in [5.41, 5.74) is 3.97. The molecule has 1 saturated carbocycles. The molecule has 1 aliphatic heterocycles. The Labute approximate surface area is 142 Å². The van der Waals surface area contributed by atoms with E-state index in [2.05, 4.69) is 29.5 Å². The fraction of sp³-hybridized carbons (Fsp3) is 0.474. The highest BCUT2D eigenvalue weighted by Gasteiger charge is 2.33. The maximum atomic E-state index is 12.7. The van der Waals surface area contributed by atoms with Crippen LogP contribution in [0.3, 0.4) is 0 Å². The highest BCUT2D eigenvalue weighted by Crippen LogP contribution is 2.42. The Bertz CT molecular complexity index is 743. The highest BCUT2D eigenvalue weighted by atomic mass is 16.5. The van der Waals surface area contributed by atoms with Crippen LogP contribution in [0.4, 0.5) is 0 Å². The first-order chi connectivity index (χ1) is 11.7. The van der Waals surface area contributed by atoms with Crippen LogP contribution < -0.4 is 5.32 Å². The zero-order valence-corrected chi connectivity index (χ0v) is 14.0. The molecule has 0 spiro atoms. The van der Waals surface area contributed by atoms with E-state index in [-0.39, 0.29) is 12.0 Å². The van der Waals surface area contributed by atoms with Gasteiger partial charge in [0.2, 0.25) is 0 Å². The van der Waals surface area contributed by atoms with Gasteiger partial charge in [0.25, 0.3) is 5.91 Å². The molecule has 2 aliphatic rings. The lowest BCUT2D eigenvalue weighted by atomic mass is 10.1. The van der Waals surface area contributed by atoms with E-state index in [1.54, 1.807) is 6.20 Å². The van der Waals surface area contributed by atoms with Crippen LogP contribution in [0, 0.1) is 6.92 Å². The molecule has 0 unspecified atom stereocenters. The van der Waals surface area contributed by atoms with Crippen molar-refractivity contribution >= 4 is 5.91 Å². The summed E-state index contributed by atoms with van der Waals surface area (Å²) in [6.07, 6.45) is 6.24. The number of hydrogen-bond donors (Lipinski definition) is 1. The van der Waals surface area contributed by atoms with E-state index >= 15 is 0 Å². The third-order valence-electron chi connectivity index (χ3n) is 4.87. The average Bonchev–Trinajstić information content (AvgIpc) is 3.12. The number of ether oxygens (including phenoxy) is 1. The van der Waals surface area contributed by atoms with Crippen molar-refractivity contribution in [1.29, 1.82) is 0 Å². The summed E-state index contributed by atoms with van der Waals surface area (Å²) in [4.78, 5) is 12.7. The molecule has 5 nitrogen and oxygen atoms in total. The van der Waals surface area contributed by atoms with Crippen molar-refractivity contribution < 1.29 is 9.53 Å². The minimum Gasteiger partial charge on any atom is -0.376 e. The van der Waals surface area contributed by atoms with Crippen molar-refractivity contribution in [2.45, 2.75) is 44.6 Å². The quantitative estimate of drug-likeness (QED) is 0.919. The SMILES string of the molecule is Cc1ccccc1-n1ncc(C(=O)NC[C@H]2CCCO2)c1C1CC1. The van der Waals surface area contributed by atoms with E-state index in [0.29, 0.717) is 18.0 Å². The smallest absolute Gasteiger partial charge is 0.254 e. The summed E-state index contributed by atoms with van der Waals surface area (Å²) in [5, 5.41) is 7.56. The van der Waals surface area contributed by atoms with Gasteiger partial charge in [-0.1, -0.05) is 18.2 Å². The first-order valence-electron chi connectivity index (χ1n) is 8.78. The summed E-state index contributed by atoms with van der Waals surface area (Å²) >= 11 is 0. The number of hydrogen-bond acceptors (Lipinski definition) is 3. The van der Waals surface area contributed by atoms with Gasteiger partial charge in [0.1, 0.15) is 0 Å². The molecule has 1 aromatic carbocycles. The topological polar surface area (TPSA) is 56.2 Å². The van der Waals surface area contributed by atoms with Crippen molar-refractivity contribution in [3.8, 4) is 5.69 Å². The van der Waals surface area contributed by atoms with Crippen molar-refractivity contribution in [2.75, 3.05) is 13.2 Å². The van der Waals surface area contributed by atoms with Gasteiger partial charge in [-0.15, -0.1) is 0 Å². The Morgan fingerprint density at radius 2 is 2.17 bits per heavy atom. The fourth-order valence-electron chi connectivity index (χ4n) is 3.38. The zero-order chi connectivity index (χ0) is 16.5. The number of para-hydroxylation sites is 1. The minimum atomic E-state index is -0.0350. The number of carbonyl (C=O) groups excluding carboxylic acids is 1. The average molecular weight is 325 g/mol. The van der Waals surface area contributed by atoms with Crippen molar-refractivity contribution in [1.82, 2.24) is 15.1 Å². The van der Waals surface area contributed by atoms with Crippen LogP contribution in [0.5, 0.6) is 0 Å². The number of nitrogens with zero attached hydrogens (tertiary/aromatic N) is 2. The molecule has 126 valence electrons. The van der Waals surface area contributed by atoms with Gasteiger partial charge in [-0.25, -0.2) is 4.68 Å². The van der Waals surface area contributed by atoms with Crippen molar-refractivity contribution in [2.24, 2.45) is 0 Å². The number of aromatic nitrogens is 2. The summed E-state index contributed by atoms with van der Waals surface area (Å²) < 4.78 is 7.54. The lowest BCUT2D eigenvalue weighted by molar-refractivity contribution is 0.0857. The third kappa shape index (κ3) is 2.96. The second kappa shape index (κ2) is 6.40. The van der Waals surface area contributed by atoms with E-state index in [9.17, 15) is 4.79 Å². The summed E-state index contributed by atoms with van der Waals surface area (Å²) in [5.74, 6) is 0.405. The molecule has 24 heavy (non-hydrogen) atoms. The zero-order valence-electron chi connectivity index (χ0n) is 14.0. The highest BCUT2D eigenvalue weighted by molar-refractivity contribution is 5.95. The van der Waals surface area contributed by atoms with Crippen LogP contribution >= 0.6 is 0 Å². The van der Waals surface area contributed by atoms with Crippen LogP contribution in [0.1, 0.15) is 53.2 Å². The molecule has 1 saturated heterocycles. The van der Waals surface area contributed by atoms with Gasteiger partial charge in [0.05, 0.1) is 29.2 Å². The van der Waals surface area contributed by atoms with E-state index in [1.807, 2.05) is 16.8 Å². The van der Waals surface area contributed by atoms with Gasteiger partial charge in [-0.05, 0) is 44.2 Å². The summed E-state index contributed by atoms with van der Waals surface area (Å²) in [6, 6.07) is 8.17. The number of rotatable bonds is 5. The van der Waals surface area contributed by atoms with Gasteiger partial charge in [0.15, 0.2) is 0 Å². The molecular formula is C19H23N3O2. The molecule has 0 bridgehead atoms. The maximum Gasteiger partial charge on any atom is 0.254 e. The summed E-state index contributed by atoms with van der Waals surface area (Å²) in [7, 11) is 0. The Morgan fingerprint density at radius 1 is 1.33 bits per heavy atom. The largest absolute Gasteiger partial charge is 0.376 e. The normalized spacial score (nSPS) is 20.3. The van der Waals surface area contributed by atoms with E-state index in [4.69, 9.17) is 4.74 Å². The number of aryl methyl sites for hydroxylation is 1. The third-order valence-corrected chi connectivity index (χ3v) is 4.87. The number of amides is 1. The molecule has 1 aliphatic carbocycles. The first kappa shape index (κ1) is 15.4. The van der Waals surface area contributed by atoms with Crippen LogP contribution in [0.15, 0.2) is 30.5 Å². The summed E-state index contributed by atoms with van der Waals surface area (Å²) in [6.45, 7) is 3.46. The Kier molecular flexibility index (Phi) is 4.10. The Hall–Kier alpha value is -2.14. The fourth-order valence-corrected chi connectivity index (χ4v) is 3.38. The van der Waals surface area contributed by atoms with Gasteiger partial charge in [-0.3, -0.25) is 4.79 Å². The molecule has 1 N–H and O–H groups in total. The minimum absolute atomic E-state index is 0.0350. The second-order valence-corrected chi connectivity index (χ2v) is 6.76. The number of nitrogens with one attached hydrogen (secondary N) is 1. The molecule has 4 rings (SSSR count). The van der Waals surface area contributed by atoms with Gasteiger partial charge < -0.3 is 10.1 Å². The Balaban J connectivity index is 1.59. The molecule has 5 heteroatoms. The predicted octanol–water partition coefficient (Wildman–Crippen LogP) is 2.97.